The van der Waals surface area contributed by atoms with Crippen molar-refractivity contribution in [3.63, 3.8) is 0 Å². The first-order valence-electron chi connectivity index (χ1n) is 8.24. The van der Waals surface area contributed by atoms with Crippen LogP contribution in [0.5, 0.6) is 5.75 Å². The number of nitrogens with one attached hydrogen (secondary N) is 1. The van der Waals surface area contributed by atoms with Gasteiger partial charge in [0.05, 0.1) is 12.2 Å². The molecule has 1 heterocycles. The van der Waals surface area contributed by atoms with Crippen LogP contribution >= 0.6 is 0 Å². The van der Waals surface area contributed by atoms with Gasteiger partial charge in [-0.1, -0.05) is 12.1 Å². The molecule has 2 rings (SSSR count). The molecule has 3 heteroatoms. The maximum atomic E-state index is 5.79. The van der Waals surface area contributed by atoms with E-state index in [4.69, 9.17) is 9.47 Å². The van der Waals surface area contributed by atoms with Gasteiger partial charge in [-0.05, 0) is 70.7 Å². The van der Waals surface area contributed by atoms with Crippen LogP contribution < -0.4 is 10.1 Å². The normalized spacial score (nSPS) is 19.9. The molecule has 0 radical (unpaired) electrons. The van der Waals surface area contributed by atoms with E-state index in [2.05, 4.69) is 37.4 Å². The van der Waals surface area contributed by atoms with Crippen molar-refractivity contribution < 1.29 is 9.47 Å². The second-order valence-corrected chi connectivity index (χ2v) is 6.15. The monoisotopic (exact) mass is 291 g/mol. The minimum absolute atomic E-state index is 0.216. The summed E-state index contributed by atoms with van der Waals surface area (Å²) in [5.74, 6) is 0.960. The Hall–Kier alpha value is -1.06. The third-order valence-electron chi connectivity index (χ3n) is 4.02. The van der Waals surface area contributed by atoms with E-state index in [0.29, 0.717) is 12.1 Å². The lowest BCUT2D eigenvalue weighted by Gasteiger charge is -2.19. The SMILES string of the molecule is CNC(CCCC1CCCO1)c1cccc(OC(C)C)c1. The zero-order valence-corrected chi connectivity index (χ0v) is 13.6. The van der Waals surface area contributed by atoms with Crippen molar-refractivity contribution in [2.75, 3.05) is 13.7 Å². The average Bonchev–Trinajstić information content (AvgIpc) is 2.96. The largest absolute Gasteiger partial charge is 0.491 e. The highest BCUT2D eigenvalue weighted by Gasteiger charge is 2.16. The number of benzene rings is 1. The van der Waals surface area contributed by atoms with Gasteiger partial charge in [-0.15, -0.1) is 0 Å². The van der Waals surface area contributed by atoms with E-state index in [1.54, 1.807) is 0 Å². The van der Waals surface area contributed by atoms with E-state index in [0.717, 1.165) is 18.8 Å². The van der Waals surface area contributed by atoms with E-state index < -0.39 is 0 Å². The van der Waals surface area contributed by atoms with Crippen molar-refractivity contribution in [2.24, 2.45) is 0 Å². The summed E-state index contributed by atoms with van der Waals surface area (Å²) in [6, 6.07) is 8.84. The Balaban J connectivity index is 1.86. The van der Waals surface area contributed by atoms with Crippen molar-refractivity contribution in [2.45, 2.75) is 64.2 Å². The van der Waals surface area contributed by atoms with Crippen LogP contribution in [0.15, 0.2) is 24.3 Å². The van der Waals surface area contributed by atoms with Gasteiger partial charge in [-0.25, -0.2) is 0 Å². The van der Waals surface area contributed by atoms with E-state index in [1.807, 2.05) is 13.1 Å². The first-order valence-corrected chi connectivity index (χ1v) is 8.24. The summed E-state index contributed by atoms with van der Waals surface area (Å²) >= 11 is 0. The number of hydrogen-bond donors (Lipinski definition) is 1. The fourth-order valence-electron chi connectivity index (χ4n) is 2.98. The van der Waals surface area contributed by atoms with Gasteiger partial charge in [0.1, 0.15) is 5.75 Å². The van der Waals surface area contributed by atoms with Crippen LogP contribution in [-0.2, 0) is 4.74 Å². The lowest BCUT2D eigenvalue weighted by atomic mass is 9.99. The van der Waals surface area contributed by atoms with Crippen molar-refractivity contribution in [1.29, 1.82) is 0 Å². The summed E-state index contributed by atoms with van der Waals surface area (Å²) in [4.78, 5) is 0. The molecular weight excluding hydrogens is 262 g/mol. The maximum absolute atomic E-state index is 5.79. The van der Waals surface area contributed by atoms with Crippen molar-refractivity contribution in [3.05, 3.63) is 29.8 Å². The number of ether oxygens (including phenoxy) is 2. The summed E-state index contributed by atoms with van der Waals surface area (Å²) in [6.07, 6.45) is 6.70. The molecule has 1 saturated heterocycles. The van der Waals surface area contributed by atoms with E-state index in [9.17, 15) is 0 Å². The first-order chi connectivity index (χ1) is 10.2. The molecule has 1 N–H and O–H groups in total. The van der Waals surface area contributed by atoms with Crippen LogP contribution in [0.3, 0.4) is 0 Å². The molecule has 21 heavy (non-hydrogen) atoms. The Morgan fingerprint density at radius 1 is 1.38 bits per heavy atom. The van der Waals surface area contributed by atoms with Crippen LogP contribution in [0.2, 0.25) is 0 Å². The minimum Gasteiger partial charge on any atom is -0.491 e. The van der Waals surface area contributed by atoms with E-state index in [1.165, 1.54) is 31.2 Å². The first kappa shape index (κ1) is 16.3. The molecule has 0 amide bonds. The van der Waals surface area contributed by atoms with Crippen LogP contribution in [0.1, 0.15) is 57.6 Å². The summed E-state index contributed by atoms with van der Waals surface area (Å²) < 4.78 is 11.5. The minimum atomic E-state index is 0.216. The molecule has 0 bridgehead atoms. The van der Waals surface area contributed by atoms with Gasteiger partial charge in [0, 0.05) is 12.6 Å². The van der Waals surface area contributed by atoms with Crippen LogP contribution in [0, 0.1) is 0 Å². The second kappa shape index (κ2) is 8.40. The third-order valence-corrected chi connectivity index (χ3v) is 4.02. The van der Waals surface area contributed by atoms with Gasteiger partial charge in [0.2, 0.25) is 0 Å². The van der Waals surface area contributed by atoms with Crippen molar-refractivity contribution in [1.82, 2.24) is 5.32 Å². The van der Waals surface area contributed by atoms with E-state index in [-0.39, 0.29) is 6.10 Å². The summed E-state index contributed by atoms with van der Waals surface area (Å²) in [6.45, 7) is 5.07. The third kappa shape index (κ3) is 5.33. The molecule has 1 aliphatic rings. The molecule has 1 aliphatic heterocycles. The Labute approximate surface area is 129 Å². The summed E-state index contributed by atoms with van der Waals surface area (Å²) in [5, 5.41) is 3.43. The van der Waals surface area contributed by atoms with Gasteiger partial charge in [-0.2, -0.15) is 0 Å². The quantitative estimate of drug-likeness (QED) is 0.782. The lowest BCUT2D eigenvalue weighted by molar-refractivity contribution is 0.101. The molecule has 2 unspecified atom stereocenters. The highest BCUT2D eigenvalue weighted by atomic mass is 16.5. The molecule has 0 spiro atoms. The van der Waals surface area contributed by atoms with Gasteiger partial charge in [-0.3, -0.25) is 0 Å². The predicted octanol–water partition coefficient (Wildman–Crippen LogP) is 4.08. The Bertz CT molecular complexity index is 413. The molecule has 1 aromatic carbocycles. The molecular formula is C18H29NO2. The van der Waals surface area contributed by atoms with Crippen LogP contribution in [0.25, 0.3) is 0 Å². The van der Waals surface area contributed by atoms with Gasteiger partial charge in [0.15, 0.2) is 0 Å². The van der Waals surface area contributed by atoms with Crippen LogP contribution in [0.4, 0.5) is 0 Å². The van der Waals surface area contributed by atoms with Crippen molar-refractivity contribution >= 4 is 0 Å². The molecule has 0 saturated carbocycles. The molecule has 0 aromatic heterocycles. The molecule has 0 aliphatic carbocycles. The molecule has 1 aromatic rings. The van der Waals surface area contributed by atoms with E-state index >= 15 is 0 Å². The van der Waals surface area contributed by atoms with Crippen molar-refractivity contribution in [3.8, 4) is 5.75 Å². The molecule has 118 valence electrons. The summed E-state index contributed by atoms with van der Waals surface area (Å²) in [7, 11) is 2.03. The zero-order chi connectivity index (χ0) is 15.1. The summed E-state index contributed by atoms with van der Waals surface area (Å²) in [5.41, 5.74) is 1.31. The smallest absolute Gasteiger partial charge is 0.120 e. The highest BCUT2D eigenvalue weighted by Crippen LogP contribution is 2.25. The fraction of sp³-hybridized carbons (Fsp3) is 0.667. The predicted molar refractivity (Wildman–Crippen MR) is 86.8 cm³/mol. The number of hydrogen-bond acceptors (Lipinski definition) is 3. The van der Waals surface area contributed by atoms with Gasteiger partial charge in [0.25, 0.3) is 0 Å². The highest BCUT2D eigenvalue weighted by molar-refractivity contribution is 5.30. The van der Waals surface area contributed by atoms with Crippen LogP contribution in [-0.4, -0.2) is 25.9 Å². The maximum Gasteiger partial charge on any atom is 0.120 e. The lowest BCUT2D eigenvalue weighted by Crippen LogP contribution is -2.17. The molecule has 3 nitrogen and oxygen atoms in total. The topological polar surface area (TPSA) is 30.5 Å². The van der Waals surface area contributed by atoms with Gasteiger partial charge < -0.3 is 14.8 Å². The molecule has 1 fully saturated rings. The average molecular weight is 291 g/mol. The standard InChI is InChI=1S/C18H29NO2/c1-14(2)21-17-9-4-7-15(13-17)18(19-3)11-5-8-16-10-6-12-20-16/h4,7,9,13-14,16,18-19H,5-6,8,10-12H2,1-3H3. The Kier molecular flexibility index (Phi) is 6.52. The Morgan fingerprint density at radius 2 is 2.24 bits per heavy atom. The fourth-order valence-corrected chi connectivity index (χ4v) is 2.98. The van der Waals surface area contributed by atoms with Gasteiger partial charge >= 0.3 is 0 Å². The molecule has 2 atom stereocenters. The Morgan fingerprint density at radius 3 is 2.90 bits per heavy atom. The zero-order valence-electron chi connectivity index (χ0n) is 13.6. The number of rotatable bonds is 8. The second-order valence-electron chi connectivity index (χ2n) is 6.15.